The van der Waals surface area contributed by atoms with Crippen molar-refractivity contribution >= 4 is 10.0 Å². The molecule has 0 amide bonds. The summed E-state index contributed by atoms with van der Waals surface area (Å²) in [6.45, 7) is 0. The zero-order valence-electron chi connectivity index (χ0n) is 10.3. The Hall–Kier alpha value is -1.05. The van der Waals surface area contributed by atoms with E-state index in [4.69, 9.17) is 5.73 Å². The summed E-state index contributed by atoms with van der Waals surface area (Å²) in [6.07, 6.45) is 3.15. The van der Waals surface area contributed by atoms with Gasteiger partial charge in [-0.2, -0.15) is 0 Å². The molecule has 0 radical (unpaired) electrons. The summed E-state index contributed by atoms with van der Waals surface area (Å²) in [5, 5.41) is 0. The maximum Gasteiger partial charge on any atom is 0.243 e. The third-order valence-electron chi connectivity index (χ3n) is 3.31. The predicted octanol–water partition coefficient (Wildman–Crippen LogP) is 1.51. The highest BCUT2D eigenvalue weighted by molar-refractivity contribution is 7.89. The molecule has 0 aliphatic heterocycles. The fraction of sp³-hybridized carbons (Fsp3) is 0.500. The Bertz CT molecular complexity index is 563. The Balaban J connectivity index is 2.24. The summed E-state index contributed by atoms with van der Waals surface area (Å²) in [5.74, 6) is -1.77. The molecular formula is C12H16F2N2O2S. The van der Waals surface area contributed by atoms with Crippen LogP contribution in [0.3, 0.4) is 0 Å². The number of halogens is 2. The molecule has 0 bridgehead atoms. The standard InChI is InChI=1S/C12H16F2N2O2S/c13-8-5-6-9(14)12(7-8)19(17,18)16-11-4-2-1-3-10(11)15/h5-7,10-11,16H,1-4,15H2/t10-,11-/m1/s1. The van der Waals surface area contributed by atoms with Crippen LogP contribution < -0.4 is 10.5 Å². The van der Waals surface area contributed by atoms with E-state index in [0.29, 0.717) is 12.5 Å². The van der Waals surface area contributed by atoms with E-state index in [1.54, 1.807) is 0 Å². The first-order valence-electron chi connectivity index (χ1n) is 6.13. The lowest BCUT2D eigenvalue weighted by Gasteiger charge is -2.29. The van der Waals surface area contributed by atoms with E-state index in [-0.39, 0.29) is 6.04 Å². The van der Waals surface area contributed by atoms with Crippen LogP contribution in [-0.4, -0.2) is 20.5 Å². The molecule has 0 spiro atoms. The minimum Gasteiger partial charge on any atom is -0.326 e. The molecule has 19 heavy (non-hydrogen) atoms. The summed E-state index contributed by atoms with van der Waals surface area (Å²) >= 11 is 0. The fourth-order valence-corrected chi connectivity index (χ4v) is 3.66. The van der Waals surface area contributed by atoms with Crippen molar-refractivity contribution < 1.29 is 17.2 Å². The van der Waals surface area contributed by atoms with Crippen molar-refractivity contribution in [3.05, 3.63) is 29.8 Å². The lowest BCUT2D eigenvalue weighted by molar-refractivity contribution is 0.360. The number of hydrogen-bond donors (Lipinski definition) is 2. The Morgan fingerprint density at radius 1 is 1.21 bits per heavy atom. The molecule has 0 unspecified atom stereocenters. The molecule has 1 aromatic carbocycles. The molecule has 7 heteroatoms. The summed E-state index contributed by atoms with van der Waals surface area (Å²) < 4.78 is 53.0. The maximum atomic E-state index is 13.5. The van der Waals surface area contributed by atoms with E-state index in [9.17, 15) is 17.2 Å². The van der Waals surface area contributed by atoms with E-state index < -0.39 is 32.6 Å². The molecule has 2 rings (SSSR count). The zero-order chi connectivity index (χ0) is 14.0. The van der Waals surface area contributed by atoms with Gasteiger partial charge in [0.05, 0.1) is 0 Å². The van der Waals surface area contributed by atoms with Gasteiger partial charge in [-0.05, 0) is 31.0 Å². The van der Waals surface area contributed by atoms with Crippen LogP contribution in [-0.2, 0) is 10.0 Å². The third kappa shape index (κ3) is 3.29. The molecule has 106 valence electrons. The molecule has 0 heterocycles. The van der Waals surface area contributed by atoms with Gasteiger partial charge in [-0.3, -0.25) is 0 Å². The quantitative estimate of drug-likeness (QED) is 0.886. The van der Waals surface area contributed by atoms with Crippen LogP contribution in [0.2, 0.25) is 0 Å². The molecule has 0 saturated heterocycles. The van der Waals surface area contributed by atoms with Crippen LogP contribution in [0.15, 0.2) is 23.1 Å². The second kappa shape index (κ2) is 5.52. The van der Waals surface area contributed by atoms with Gasteiger partial charge in [0.15, 0.2) is 0 Å². The highest BCUT2D eigenvalue weighted by Gasteiger charge is 2.28. The monoisotopic (exact) mass is 290 g/mol. The fourth-order valence-electron chi connectivity index (χ4n) is 2.25. The van der Waals surface area contributed by atoms with Crippen molar-refractivity contribution in [2.75, 3.05) is 0 Å². The average Bonchev–Trinajstić information content (AvgIpc) is 2.35. The molecule has 1 aliphatic carbocycles. The normalized spacial score (nSPS) is 24.4. The second-order valence-electron chi connectivity index (χ2n) is 4.75. The number of sulfonamides is 1. The van der Waals surface area contributed by atoms with Gasteiger partial charge in [0.1, 0.15) is 16.5 Å². The van der Waals surface area contributed by atoms with E-state index in [0.717, 1.165) is 31.4 Å². The van der Waals surface area contributed by atoms with Crippen molar-refractivity contribution in [2.24, 2.45) is 5.73 Å². The van der Waals surface area contributed by atoms with E-state index >= 15 is 0 Å². The molecule has 1 fully saturated rings. The summed E-state index contributed by atoms with van der Waals surface area (Å²) in [4.78, 5) is -0.676. The summed E-state index contributed by atoms with van der Waals surface area (Å²) in [7, 11) is -4.09. The number of nitrogens with two attached hydrogens (primary N) is 1. The van der Waals surface area contributed by atoms with Gasteiger partial charge in [-0.1, -0.05) is 12.8 Å². The van der Waals surface area contributed by atoms with Gasteiger partial charge < -0.3 is 5.73 Å². The minimum absolute atomic E-state index is 0.292. The number of benzene rings is 1. The van der Waals surface area contributed by atoms with E-state index in [2.05, 4.69) is 4.72 Å². The van der Waals surface area contributed by atoms with Crippen LogP contribution in [0, 0.1) is 11.6 Å². The Morgan fingerprint density at radius 3 is 2.58 bits per heavy atom. The van der Waals surface area contributed by atoms with Gasteiger partial charge >= 0.3 is 0 Å². The van der Waals surface area contributed by atoms with Crippen LogP contribution in [0.5, 0.6) is 0 Å². The van der Waals surface area contributed by atoms with Gasteiger partial charge in [-0.15, -0.1) is 0 Å². The molecule has 1 aliphatic rings. The molecule has 1 aromatic rings. The van der Waals surface area contributed by atoms with Crippen molar-refractivity contribution in [2.45, 2.75) is 42.7 Å². The average molecular weight is 290 g/mol. The van der Waals surface area contributed by atoms with Crippen molar-refractivity contribution in [3.63, 3.8) is 0 Å². The lowest BCUT2D eigenvalue weighted by atomic mass is 9.92. The van der Waals surface area contributed by atoms with Crippen LogP contribution >= 0.6 is 0 Å². The predicted molar refractivity (Wildman–Crippen MR) is 66.9 cm³/mol. The zero-order valence-corrected chi connectivity index (χ0v) is 11.1. The van der Waals surface area contributed by atoms with Crippen molar-refractivity contribution in [3.8, 4) is 0 Å². The van der Waals surface area contributed by atoms with E-state index in [1.165, 1.54) is 0 Å². The summed E-state index contributed by atoms with van der Waals surface area (Å²) in [6, 6.07) is 1.62. The summed E-state index contributed by atoms with van der Waals surface area (Å²) in [5.41, 5.74) is 5.84. The van der Waals surface area contributed by atoms with Gasteiger partial charge in [-0.25, -0.2) is 21.9 Å². The highest BCUT2D eigenvalue weighted by Crippen LogP contribution is 2.21. The SMILES string of the molecule is N[C@@H]1CCCC[C@H]1NS(=O)(=O)c1cc(F)ccc1F. The van der Waals surface area contributed by atoms with Crippen LogP contribution in [0.1, 0.15) is 25.7 Å². The van der Waals surface area contributed by atoms with Crippen molar-refractivity contribution in [1.29, 1.82) is 0 Å². The number of rotatable bonds is 3. The molecule has 4 nitrogen and oxygen atoms in total. The molecule has 2 atom stereocenters. The van der Waals surface area contributed by atoms with Gasteiger partial charge in [0.2, 0.25) is 10.0 Å². The highest BCUT2D eigenvalue weighted by atomic mass is 32.2. The first-order chi connectivity index (χ1) is 8.90. The van der Waals surface area contributed by atoms with Gasteiger partial charge in [0.25, 0.3) is 0 Å². The number of hydrogen-bond acceptors (Lipinski definition) is 3. The molecular weight excluding hydrogens is 274 g/mol. The minimum atomic E-state index is -4.09. The van der Waals surface area contributed by atoms with Gasteiger partial charge in [0, 0.05) is 12.1 Å². The van der Waals surface area contributed by atoms with E-state index in [1.807, 2.05) is 0 Å². The Kier molecular flexibility index (Phi) is 4.17. The lowest BCUT2D eigenvalue weighted by Crippen LogP contribution is -2.49. The molecule has 3 N–H and O–H groups in total. The maximum absolute atomic E-state index is 13.5. The molecule has 1 saturated carbocycles. The third-order valence-corrected chi connectivity index (χ3v) is 4.81. The smallest absolute Gasteiger partial charge is 0.243 e. The van der Waals surface area contributed by atoms with Crippen molar-refractivity contribution in [1.82, 2.24) is 4.72 Å². The van der Waals surface area contributed by atoms with Crippen LogP contribution in [0.4, 0.5) is 8.78 Å². The van der Waals surface area contributed by atoms with Crippen LogP contribution in [0.25, 0.3) is 0 Å². The second-order valence-corrected chi connectivity index (χ2v) is 6.43. The Morgan fingerprint density at radius 2 is 1.89 bits per heavy atom. The first-order valence-corrected chi connectivity index (χ1v) is 7.61. The Labute approximate surface area is 111 Å². The molecule has 0 aromatic heterocycles. The number of nitrogens with one attached hydrogen (secondary N) is 1. The largest absolute Gasteiger partial charge is 0.326 e. The first kappa shape index (κ1) is 14.4. The topological polar surface area (TPSA) is 72.2 Å².